The Morgan fingerprint density at radius 3 is 2.81 bits per heavy atom. The van der Waals surface area contributed by atoms with Crippen molar-refractivity contribution >= 4 is 11.4 Å². The van der Waals surface area contributed by atoms with Gasteiger partial charge >= 0.3 is 0 Å². The van der Waals surface area contributed by atoms with Gasteiger partial charge in [0.25, 0.3) is 0 Å². The minimum atomic E-state index is 0.282. The molecule has 0 spiro atoms. The minimum absolute atomic E-state index is 0.282. The van der Waals surface area contributed by atoms with Crippen LogP contribution in [-0.2, 0) is 4.74 Å². The fourth-order valence-corrected chi connectivity index (χ4v) is 2.38. The fourth-order valence-electron chi connectivity index (χ4n) is 2.38. The van der Waals surface area contributed by atoms with Crippen molar-refractivity contribution in [3.8, 4) is 0 Å². The van der Waals surface area contributed by atoms with Crippen molar-refractivity contribution in [2.45, 2.75) is 32.4 Å². The molecule has 3 nitrogen and oxygen atoms in total. The molecule has 2 rings (SSSR count). The maximum atomic E-state index is 6.11. The van der Waals surface area contributed by atoms with E-state index in [4.69, 9.17) is 10.5 Å². The summed E-state index contributed by atoms with van der Waals surface area (Å²) in [6, 6.07) is 6.61. The van der Waals surface area contributed by atoms with Crippen molar-refractivity contribution < 1.29 is 4.74 Å². The second kappa shape index (κ2) is 4.34. The molecule has 3 heteroatoms. The molecule has 1 aromatic carbocycles. The van der Waals surface area contributed by atoms with Crippen molar-refractivity contribution in [1.82, 2.24) is 0 Å². The lowest BCUT2D eigenvalue weighted by Crippen LogP contribution is -2.37. The highest BCUT2D eigenvalue weighted by Crippen LogP contribution is 2.30. The van der Waals surface area contributed by atoms with E-state index in [1.807, 2.05) is 13.0 Å². The zero-order valence-corrected chi connectivity index (χ0v) is 10.2. The first-order chi connectivity index (χ1) is 7.61. The average Bonchev–Trinajstić information content (AvgIpc) is 2.68. The normalized spacial score (nSPS) is 24.7. The lowest BCUT2D eigenvalue weighted by atomic mass is 10.1. The van der Waals surface area contributed by atoms with E-state index in [1.54, 1.807) is 0 Å². The molecule has 0 aromatic heterocycles. The number of ether oxygens (including phenoxy) is 1. The summed E-state index contributed by atoms with van der Waals surface area (Å²) >= 11 is 0. The molecule has 1 aliphatic heterocycles. The smallest absolute Gasteiger partial charge is 0.0750 e. The van der Waals surface area contributed by atoms with E-state index < -0.39 is 0 Å². The summed E-state index contributed by atoms with van der Waals surface area (Å²) in [6.45, 7) is 5.02. The number of nitrogens with two attached hydrogens (primary N) is 1. The van der Waals surface area contributed by atoms with Crippen LogP contribution in [0.15, 0.2) is 18.2 Å². The molecular weight excluding hydrogens is 200 g/mol. The molecule has 2 N–H and O–H groups in total. The van der Waals surface area contributed by atoms with E-state index in [1.165, 1.54) is 0 Å². The number of benzene rings is 1. The summed E-state index contributed by atoms with van der Waals surface area (Å²) in [5.41, 5.74) is 9.24. The molecule has 2 atom stereocenters. The van der Waals surface area contributed by atoms with Crippen LogP contribution in [-0.4, -0.2) is 25.8 Å². The van der Waals surface area contributed by atoms with Gasteiger partial charge in [0.15, 0.2) is 0 Å². The third-order valence-corrected chi connectivity index (χ3v) is 3.51. The fraction of sp³-hybridized carbons (Fsp3) is 0.538. The first kappa shape index (κ1) is 11.3. The third-order valence-electron chi connectivity index (χ3n) is 3.51. The summed E-state index contributed by atoms with van der Waals surface area (Å²) < 4.78 is 5.60. The summed E-state index contributed by atoms with van der Waals surface area (Å²) in [6.07, 6.45) is 1.36. The van der Waals surface area contributed by atoms with Gasteiger partial charge in [-0.3, -0.25) is 0 Å². The lowest BCUT2D eigenvalue weighted by molar-refractivity contribution is 0.118. The Kier molecular flexibility index (Phi) is 3.06. The van der Waals surface area contributed by atoms with Crippen LogP contribution in [0.3, 0.4) is 0 Å². The van der Waals surface area contributed by atoms with Gasteiger partial charge in [0.2, 0.25) is 0 Å². The van der Waals surface area contributed by atoms with Gasteiger partial charge in [0.05, 0.1) is 23.5 Å². The van der Waals surface area contributed by atoms with Gasteiger partial charge in [-0.1, -0.05) is 12.1 Å². The van der Waals surface area contributed by atoms with Crippen LogP contribution < -0.4 is 10.6 Å². The van der Waals surface area contributed by atoms with E-state index in [2.05, 4.69) is 31.0 Å². The number of anilines is 2. The Morgan fingerprint density at radius 1 is 1.44 bits per heavy atom. The van der Waals surface area contributed by atoms with Gasteiger partial charge in [0.1, 0.15) is 0 Å². The van der Waals surface area contributed by atoms with Crippen molar-refractivity contribution in [3.05, 3.63) is 23.8 Å². The number of nitrogen functional groups attached to an aromatic ring is 1. The van der Waals surface area contributed by atoms with E-state index in [0.29, 0.717) is 6.04 Å². The number of hydrogen-bond acceptors (Lipinski definition) is 3. The molecule has 0 bridgehead atoms. The predicted octanol–water partition coefficient (Wildman–Crippen LogP) is 2.19. The molecule has 1 aliphatic rings. The molecule has 1 saturated heterocycles. The van der Waals surface area contributed by atoms with E-state index in [9.17, 15) is 0 Å². The van der Waals surface area contributed by atoms with Gasteiger partial charge in [-0.25, -0.2) is 0 Å². The van der Waals surface area contributed by atoms with Gasteiger partial charge < -0.3 is 15.4 Å². The quantitative estimate of drug-likeness (QED) is 0.776. The topological polar surface area (TPSA) is 38.5 Å². The van der Waals surface area contributed by atoms with Crippen LogP contribution in [0.2, 0.25) is 0 Å². The Labute approximate surface area is 97.2 Å². The zero-order valence-electron chi connectivity index (χ0n) is 10.2. The first-order valence-corrected chi connectivity index (χ1v) is 5.81. The van der Waals surface area contributed by atoms with E-state index in [0.717, 1.165) is 30.0 Å². The molecule has 88 valence electrons. The molecule has 16 heavy (non-hydrogen) atoms. The Morgan fingerprint density at radius 2 is 2.19 bits per heavy atom. The van der Waals surface area contributed by atoms with Crippen LogP contribution in [0.5, 0.6) is 0 Å². The number of aryl methyl sites for hydroxylation is 1. The van der Waals surface area contributed by atoms with E-state index >= 15 is 0 Å². The highest BCUT2D eigenvalue weighted by Gasteiger charge is 2.28. The number of likely N-dealkylation sites (N-methyl/N-ethyl adjacent to an activating group) is 1. The maximum Gasteiger partial charge on any atom is 0.0750 e. The van der Waals surface area contributed by atoms with Crippen LogP contribution >= 0.6 is 0 Å². The first-order valence-electron chi connectivity index (χ1n) is 5.81. The van der Waals surface area contributed by atoms with Gasteiger partial charge in [-0.2, -0.15) is 0 Å². The number of hydrogen-bond donors (Lipinski definition) is 1. The predicted molar refractivity (Wildman–Crippen MR) is 67.8 cm³/mol. The van der Waals surface area contributed by atoms with Crippen LogP contribution in [0, 0.1) is 6.92 Å². The van der Waals surface area contributed by atoms with Crippen molar-refractivity contribution in [1.29, 1.82) is 0 Å². The zero-order chi connectivity index (χ0) is 11.7. The summed E-state index contributed by atoms with van der Waals surface area (Å²) in [5, 5.41) is 0. The summed E-state index contributed by atoms with van der Waals surface area (Å²) in [5.74, 6) is 0. The third kappa shape index (κ3) is 1.87. The van der Waals surface area contributed by atoms with Crippen molar-refractivity contribution in [3.63, 3.8) is 0 Å². The number of rotatable bonds is 2. The molecule has 1 fully saturated rings. The second-order valence-corrected chi connectivity index (χ2v) is 4.55. The number of para-hydroxylation sites is 1. The highest BCUT2D eigenvalue weighted by molar-refractivity contribution is 5.71. The van der Waals surface area contributed by atoms with Gasteiger partial charge in [-0.15, -0.1) is 0 Å². The Balaban J connectivity index is 2.26. The number of nitrogens with zero attached hydrogens (tertiary/aromatic N) is 1. The monoisotopic (exact) mass is 220 g/mol. The van der Waals surface area contributed by atoms with Gasteiger partial charge in [-0.05, 0) is 31.9 Å². The molecule has 0 radical (unpaired) electrons. The standard InChI is InChI=1S/C13H20N2O/c1-9-5-4-6-12(13(9)14)15(3)11-7-8-16-10(11)2/h4-6,10-11H,7-8,14H2,1-3H3. The molecule has 2 unspecified atom stereocenters. The second-order valence-electron chi connectivity index (χ2n) is 4.55. The molecular formula is C13H20N2O. The maximum absolute atomic E-state index is 6.11. The van der Waals surface area contributed by atoms with Crippen molar-refractivity contribution in [2.24, 2.45) is 0 Å². The van der Waals surface area contributed by atoms with Crippen LogP contribution in [0.1, 0.15) is 18.9 Å². The molecule has 0 amide bonds. The molecule has 1 aromatic rings. The lowest BCUT2D eigenvalue weighted by Gasteiger charge is -2.30. The minimum Gasteiger partial charge on any atom is -0.397 e. The van der Waals surface area contributed by atoms with Crippen LogP contribution in [0.25, 0.3) is 0 Å². The Hall–Kier alpha value is -1.22. The van der Waals surface area contributed by atoms with Crippen molar-refractivity contribution in [2.75, 3.05) is 24.3 Å². The van der Waals surface area contributed by atoms with Crippen LogP contribution in [0.4, 0.5) is 11.4 Å². The summed E-state index contributed by atoms with van der Waals surface area (Å²) in [7, 11) is 2.10. The Bertz CT molecular complexity index is 378. The average molecular weight is 220 g/mol. The summed E-state index contributed by atoms with van der Waals surface area (Å²) in [4.78, 5) is 2.25. The molecule has 1 heterocycles. The molecule has 0 saturated carbocycles. The van der Waals surface area contributed by atoms with E-state index in [-0.39, 0.29) is 6.10 Å². The highest BCUT2D eigenvalue weighted by atomic mass is 16.5. The molecule has 0 aliphatic carbocycles. The van der Waals surface area contributed by atoms with Gasteiger partial charge in [0, 0.05) is 13.7 Å². The largest absolute Gasteiger partial charge is 0.397 e. The SMILES string of the molecule is Cc1cccc(N(C)C2CCOC2C)c1N.